The molecule has 1 aliphatic rings. The summed E-state index contributed by atoms with van der Waals surface area (Å²) >= 11 is 6.27. The molecule has 0 unspecified atom stereocenters. The first kappa shape index (κ1) is 13.2. The molecule has 1 aliphatic heterocycles. The molecule has 0 saturated carbocycles. The molecule has 1 atom stereocenters. The summed E-state index contributed by atoms with van der Waals surface area (Å²) in [6, 6.07) is 9.55. The molecular formula is C15H16ClN3O. The predicted molar refractivity (Wildman–Crippen MR) is 77.7 cm³/mol. The van der Waals surface area contributed by atoms with Gasteiger partial charge in [0.05, 0.1) is 6.04 Å². The number of aromatic nitrogens is 2. The number of likely N-dealkylation sites (tertiary alicyclic amines) is 1. The van der Waals surface area contributed by atoms with Crippen LogP contribution in [0.5, 0.6) is 0 Å². The molecule has 0 radical (unpaired) electrons. The van der Waals surface area contributed by atoms with Crippen molar-refractivity contribution in [3.63, 3.8) is 0 Å². The number of hydrogen-bond donors (Lipinski definition) is 0. The number of nitrogens with zero attached hydrogens (tertiary/aromatic N) is 3. The number of rotatable bonds is 2. The fraction of sp³-hybridized carbons (Fsp3) is 0.333. The third kappa shape index (κ3) is 2.31. The van der Waals surface area contributed by atoms with Gasteiger partial charge >= 0.3 is 0 Å². The van der Waals surface area contributed by atoms with E-state index in [0.717, 1.165) is 30.0 Å². The Kier molecular flexibility index (Phi) is 3.49. The zero-order chi connectivity index (χ0) is 14.1. The molecule has 0 N–H and O–H groups in total. The normalized spacial score (nSPS) is 18.5. The first-order chi connectivity index (χ1) is 9.66. The van der Waals surface area contributed by atoms with E-state index in [1.807, 2.05) is 36.2 Å². The van der Waals surface area contributed by atoms with Crippen LogP contribution in [-0.4, -0.2) is 27.1 Å². The van der Waals surface area contributed by atoms with Gasteiger partial charge in [-0.15, -0.1) is 0 Å². The molecule has 1 saturated heterocycles. The number of amides is 1. The summed E-state index contributed by atoms with van der Waals surface area (Å²) in [5.41, 5.74) is 1.52. The van der Waals surface area contributed by atoms with Crippen LogP contribution in [-0.2, 0) is 7.05 Å². The maximum Gasteiger partial charge on any atom is 0.274 e. The summed E-state index contributed by atoms with van der Waals surface area (Å²) in [7, 11) is 1.81. The number of carbonyl (C=O) groups excluding carboxylic acids is 1. The van der Waals surface area contributed by atoms with E-state index in [-0.39, 0.29) is 11.9 Å². The molecule has 0 aliphatic carbocycles. The highest BCUT2D eigenvalue weighted by atomic mass is 35.5. The fourth-order valence-electron chi connectivity index (χ4n) is 2.75. The molecule has 0 bridgehead atoms. The quantitative estimate of drug-likeness (QED) is 0.852. The predicted octanol–water partition coefficient (Wildman–Crippen LogP) is 3.05. The molecule has 104 valence electrons. The zero-order valence-corrected chi connectivity index (χ0v) is 12.0. The Hall–Kier alpha value is -1.81. The van der Waals surface area contributed by atoms with Gasteiger partial charge in [0.25, 0.3) is 5.91 Å². The first-order valence-electron chi connectivity index (χ1n) is 6.72. The summed E-state index contributed by atoms with van der Waals surface area (Å²) < 4.78 is 1.65. The maximum absolute atomic E-state index is 12.6. The number of halogens is 1. The minimum atomic E-state index is -0.0204. The largest absolute Gasteiger partial charge is 0.330 e. The van der Waals surface area contributed by atoms with Crippen LogP contribution in [0.4, 0.5) is 0 Å². The average molecular weight is 290 g/mol. The second kappa shape index (κ2) is 5.29. The Morgan fingerprint density at radius 3 is 2.85 bits per heavy atom. The highest BCUT2D eigenvalue weighted by Crippen LogP contribution is 2.36. The third-order valence-corrected chi connectivity index (χ3v) is 4.05. The van der Waals surface area contributed by atoms with Gasteiger partial charge in [-0.25, -0.2) is 0 Å². The molecular weight excluding hydrogens is 274 g/mol. The molecule has 2 aromatic rings. The zero-order valence-electron chi connectivity index (χ0n) is 11.3. The van der Waals surface area contributed by atoms with Crippen molar-refractivity contribution >= 4 is 17.5 Å². The standard InChI is InChI=1S/C15H16ClN3O/c1-18-10-8-13(17-18)15(20)19-9-4-7-14(19)11-5-2-3-6-12(11)16/h2-3,5-6,8,10,14H,4,7,9H2,1H3/t14-/m1/s1. The molecule has 4 nitrogen and oxygen atoms in total. The van der Waals surface area contributed by atoms with Crippen molar-refractivity contribution < 1.29 is 4.79 Å². The van der Waals surface area contributed by atoms with Crippen LogP contribution in [0.2, 0.25) is 5.02 Å². The minimum Gasteiger partial charge on any atom is -0.330 e. The highest BCUT2D eigenvalue weighted by Gasteiger charge is 2.32. The van der Waals surface area contributed by atoms with Gasteiger partial charge in [0.15, 0.2) is 0 Å². The number of hydrogen-bond acceptors (Lipinski definition) is 2. The highest BCUT2D eigenvalue weighted by molar-refractivity contribution is 6.31. The SMILES string of the molecule is Cn1ccc(C(=O)N2CCC[C@@H]2c2ccccc2Cl)n1. The molecule has 1 fully saturated rings. The number of benzene rings is 1. The molecule has 1 aromatic heterocycles. The molecule has 1 amide bonds. The Bertz CT molecular complexity index is 638. The van der Waals surface area contributed by atoms with E-state index in [0.29, 0.717) is 5.69 Å². The minimum absolute atomic E-state index is 0.0204. The fourth-order valence-corrected chi connectivity index (χ4v) is 3.02. The van der Waals surface area contributed by atoms with Crippen molar-refractivity contribution in [1.82, 2.24) is 14.7 Å². The van der Waals surface area contributed by atoms with Gasteiger partial charge in [-0.1, -0.05) is 29.8 Å². The second-order valence-electron chi connectivity index (χ2n) is 5.05. The van der Waals surface area contributed by atoms with Crippen LogP contribution in [0, 0.1) is 0 Å². The maximum atomic E-state index is 12.6. The summed E-state index contributed by atoms with van der Waals surface area (Å²) in [5.74, 6) is -0.0204. The lowest BCUT2D eigenvalue weighted by Gasteiger charge is -2.25. The van der Waals surface area contributed by atoms with E-state index in [4.69, 9.17) is 11.6 Å². The number of carbonyl (C=O) groups is 1. The topological polar surface area (TPSA) is 38.1 Å². The Labute approximate surface area is 123 Å². The first-order valence-corrected chi connectivity index (χ1v) is 7.09. The van der Waals surface area contributed by atoms with Crippen molar-refractivity contribution in [3.8, 4) is 0 Å². The molecule has 20 heavy (non-hydrogen) atoms. The van der Waals surface area contributed by atoms with Crippen LogP contribution in [0.15, 0.2) is 36.5 Å². The van der Waals surface area contributed by atoms with E-state index in [1.165, 1.54) is 0 Å². The van der Waals surface area contributed by atoms with Crippen molar-refractivity contribution in [1.29, 1.82) is 0 Å². The van der Waals surface area contributed by atoms with Gasteiger partial charge in [0.1, 0.15) is 5.69 Å². The van der Waals surface area contributed by atoms with Crippen LogP contribution < -0.4 is 0 Å². The van der Waals surface area contributed by atoms with Crippen LogP contribution in [0.1, 0.15) is 34.9 Å². The van der Waals surface area contributed by atoms with E-state index in [2.05, 4.69) is 5.10 Å². The lowest BCUT2D eigenvalue weighted by atomic mass is 10.0. The molecule has 5 heteroatoms. The van der Waals surface area contributed by atoms with E-state index < -0.39 is 0 Å². The van der Waals surface area contributed by atoms with E-state index >= 15 is 0 Å². The Morgan fingerprint density at radius 1 is 1.35 bits per heavy atom. The summed E-state index contributed by atoms with van der Waals surface area (Å²) in [5, 5.41) is 4.92. The van der Waals surface area contributed by atoms with Gasteiger partial charge < -0.3 is 4.90 Å². The lowest BCUT2D eigenvalue weighted by molar-refractivity contribution is 0.0729. The van der Waals surface area contributed by atoms with E-state index in [9.17, 15) is 4.79 Å². The van der Waals surface area contributed by atoms with E-state index in [1.54, 1.807) is 16.9 Å². The Balaban J connectivity index is 1.90. The van der Waals surface area contributed by atoms with Gasteiger partial charge in [0, 0.05) is 24.8 Å². The summed E-state index contributed by atoms with van der Waals surface area (Å²) in [4.78, 5) is 14.4. The monoisotopic (exact) mass is 289 g/mol. The van der Waals surface area contributed by atoms with Crippen molar-refractivity contribution in [2.45, 2.75) is 18.9 Å². The molecule has 3 rings (SSSR count). The Morgan fingerprint density at radius 2 is 2.15 bits per heavy atom. The molecule has 1 aromatic carbocycles. The van der Waals surface area contributed by atoms with Gasteiger partial charge in [0.2, 0.25) is 0 Å². The van der Waals surface area contributed by atoms with Gasteiger partial charge in [-0.05, 0) is 30.5 Å². The van der Waals surface area contributed by atoms with Crippen molar-refractivity contribution in [2.24, 2.45) is 7.05 Å². The van der Waals surface area contributed by atoms with Crippen LogP contribution in [0.25, 0.3) is 0 Å². The summed E-state index contributed by atoms with van der Waals surface area (Å²) in [6.45, 7) is 0.755. The van der Waals surface area contributed by atoms with Crippen molar-refractivity contribution in [3.05, 3.63) is 52.8 Å². The van der Waals surface area contributed by atoms with Crippen molar-refractivity contribution in [2.75, 3.05) is 6.54 Å². The number of aryl methyl sites for hydroxylation is 1. The average Bonchev–Trinajstić information content (AvgIpc) is 3.07. The van der Waals surface area contributed by atoms with Gasteiger partial charge in [-0.2, -0.15) is 5.10 Å². The lowest BCUT2D eigenvalue weighted by Crippen LogP contribution is -2.31. The van der Waals surface area contributed by atoms with Gasteiger partial charge in [-0.3, -0.25) is 9.48 Å². The summed E-state index contributed by atoms with van der Waals surface area (Å²) in [6.07, 6.45) is 3.73. The van der Waals surface area contributed by atoms with Crippen LogP contribution >= 0.6 is 11.6 Å². The third-order valence-electron chi connectivity index (χ3n) is 3.71. The molecule has 0 spiro atoms. The van der Waals surface area contributed by atoms with Crippen LogP contribution in [0.3, 0.4) is 0 Å². The second-order valence-corrected chi connectivity index (χ2v) is 5.46. The molecule has 2 heterocycles. The smallest absolute Gasteiger partial charge is 0.274 e.